The average Bonchev–Trinajstić information content (AvgIpc) is 3.11. The predicted molar refractivity (Wildman–Crippen MR) is 105 cm³/mol. The number of nitrogens with two attached hydrogens (primary N) is 1. The number of nitrogens with one attached hydrogen (secondary N) is 1. The summed E-state index contributed by atoms with van der Waals surface area (Å²) in [5.41, 5.74) is 5.79. The maximum Gasteiger partial charge on any atom is 0.327 e. The van der Waals surface area contributed by atoms with Crippen LogP contribution in [-0.2, 0) is 19.2 Å². The van der Waals surface area contributed by atoms with Crippen LogP contribution in [0.25, 0.3) is 0 Å². The number of carboxylic acid groups (broad SMARTS) is 1. The van der Waals surface area contributed by atoms with Crippen LogP contribution in [-0.4, -0.2) is 66.8 Å². The Morgan fingerprint density at radius 2 is 2.14 bits per heavy atom. The van der Waals surface area contributed by atoms with Gasteiger partial charge in [-0.15, -0.1) is 23.1 Å². The number of thiazole rings is 1. The first-order chi connectivity index (χ1) is 13.0. The standard InChI is InChI=1S/C16H21N5O5S2/c1-6(2)26-20-8(7-5-27-15(17)18-7)11(22)19-9-12(23)21-10(14(24)25)16(3,4)28-13(9)21/h5-6,9-10,13H,1-4H3,(H2,17,18)(H,19,22)(H,24,25)/b20-8-/t9-,10-,13+/m0/s1. The summed E-state index contributed by atoms with van der Waals surface area (Å²) in [5.74, 6) is -2.14. The molecule has 0 aromatic carbocycles. The summed E-state index contributed by atoms with van der Waals surface area (Å²) in [6, 6.07) is -1.79. The minimum atomic E-state index is -1.07. The third-order valence-electron chi connectivity index (χ3n) is 4.30. The van der Waals surface area contributed by atoms with Gasteiger partial charge in [-0.25, -0.2) is 9.78 Å². The number of amides is 2. The minimum absolute atomic E-state index is 0.0926. The Kier molecular flexibility index (Phi) is 5.28. The molecule has 0 unspecified atom stereocenters. The quantitative estimate of drug-likeness (QED) is 0.337. The number of hydrogen-bond acceptors (Lipinski definition) is 9. The monoisotopic (exact) mass is 427 g/mol. The third kappa shape index (κ3) is 3.53. The number of hydrogen-bond donors (Lipinski definition) is 3. The topological polar surface area (TPSA) is 147 Å². The van der Waals surface area contributed by atoms with Gasteiger partial charge in [0.15, 0.2) is 10.8 Å². The van der Waals surface area contributed by atoms with E-state index in [0.29, 0.717) is 0 Å². The number of carboxylic acids is 1. The fourth-order valence-electron chi connectivity index (χ4n) is 3.11. The highest BCUT2D eigenvalue weighted by atomic mass is 32.2. The molecule has 0 spiro atoms. The number of carbonyl (C=O) groups excluding carboxylic acids is 2. The number of anilines is 1. The highest BCUT2D eigenvalue weighted by Crippen LogP contribution is 2.50. The fraction of sp³-hybridized carbons (Fsp3) is 0.562. The maximum atomic E-state index is 12.8. The normalized spacial score (nSPS) is 26.0. The van der Waals surface area contributed by atoms with Crippen LogP contribution >= 0.6 is 23.1 Å². The molecule has 0 bridgehead atoms. The molecule has 1 aromatic rings. The number of aliphatic carboxylic acids is 1. The summed E-state index contributed by atoms with van der Waals surface area (Å²) in [7, 11) is 0. The molecule has 0 aliphatic carbocycles. The van der Waals surface area contributed by atoms with Crippen molar-refractivity contribution in [3.63, 3.8) is 0 Å². The molecule has 3 heterocycles. The van der Waals surface area contributed by atoms with Crippen molar-refractivity contribution in [3.8, 4) is 0 Å². The van der Waals surface area contributed by atoms with E-state index in [0.717, 1.165) is 11.3 Å². The molecule has 10 nitrogen and oxygen atoms in total. The Labute approximate surface area is 169 Å². The summed E-state index contributed by atoms with van der Waals surface area (Å²) in [4.78, 5) is 47.4. The van der Waals surface area contributed by atoms with Gasteiger partial charge in [-0.3, -0.25) is 9.59 Å². The second-order valence-corrected chi connectivity index (χ2v) is 9.87. The molecule has 3 atom stereocenters. The summed E-state index contributed by atoms with van der Waals surface area (Å²) in [6.45, 7) is 7.04. The highest BCUT2D eigenvalue weighted by Gasteiger charge is 2.64. The summed E-state index contributed by atoms with van der Waals surface area (Å²) in [6.07, 6.45) is -0.262. The van der Waals surface area contributed by atoms with Crippen molar-refractivity contribution in [2.75, 3.05) is 5.73 Å². The van der Waals surface area contributed by atoms with Gasteiger partial charge in [0, 0.05) is 10.1 Å². The molecular weight excluding hydrogens is 406 g/mol. The Bertz CT molecular complexity index is 852. The van der Waals surface area contributed by atoms with Crippen LogP contribution in [0.2, 0.25) is 0 Å². The third-order valence-corrected chi connectivity index (χ3v) is 6.54. The van der Waals surface area contributed by atoms with E-state index in [-0.39, 0.29) is 22.6 Å². The Hall–Kier alpha value is -2.34. The summed E-state index contributed by atoms with van der Waals surface area (Å²) in [5, 5.41) is 17.4. The molecule has 2 aliphatic heterocycles. The molecule has 2 fully saturated rings. The molecule has 0 radical (unpaired) electrons. The molecule has 12 heteroatoms. The maximum absolute atomic E-state index is 12.8. The lowest BCUT2D eigenvalue weighted by Gasteiger charge is -2.43. The van der Waals surface area contributed by atoms with Gasteiger partial charge >= 0.3 is 5.97 Å². The van der Waals surface area contributed by atoms with E-state index in [9.17, 15) is 19.5 Å². The molecule has 0 saturated carbocycles. The van der Waals surface area contributed by atoms with Gasteiger partial charge in [0.2, 0.25) is 5.91 Å². The van der Waals surface area contributed by atoms with Crippen LogP contribution in [0.3, 0.4) is 0 Å². The molecule has 4 N–H and O–H groups in total. The van der Waals surface area contributed by atoms with E-state index in [1.807, 2.05) is 0 Å². The number of fused-ring (bicyclic) bond motifs is 1. The van der Waals surface area contributed by atoms with Gasteiger partial charge in [0.1, 0.15) is 29.3 Å². The van der Waals surface area contributed by atoms with Crippen molar-refractivity contribution >= 4 is 51.7 Å². The van der Waals surface area contributed by atoms with E-state index >= 15 is 0 Å². The molecule has 2 aliphatic rings. The van der Waals surface area contributed by atoms with Gasteiger partial charge < -0.3 is 25.9 Å². The number of nitrogen functional groups attached to an aromatic ring is 1. The van der Waals surface area contributed by atoms with Crippen molar-refractivity contribution in [1.82, 2.24) is 15.2 Å². The van der Waals surface area contributed by atoms with Crippen LogP contribution < -0.4 is 11.1 Å². The lowest BCUT2D eigenvalue weighted by Crippen LogP contribution is -2.71. The Balaban J connectivity index is 1.79. The van der Waals surface area contributed by atoms with Gasteiger partial charge in [-0.05, 0) is 27.7 Å². The molecule has 28 heavy (non-hydrogen) atoms. The van der Waals surface area contributed by atoms with Crippen molar-refractivity contribution < 1.29 is 24.3 Å². The zero-order chi connectivity index (χ0) is 20.8. The van der Waals surface area contributed by atoms with Gasteiger partial charge in [0.25, 0.3) is 5.91 Å². The number of carbonyl (C=O) groups is 3. The highest BCUT2D eigenvalue weighted by molar-refractivity contribution is 8.01. The second-order valence-electron chi connectivity index (χ2n) is 7.21. The fourth-order valence-corrected chi connectivity index (χ4v) is 5.29. The van der Waals surface area contributed by atoms with Crippen LogP contribution in [0, 0.1) is 0 Å². The largest absolute Gasteiger partial charge is 0.480 e. The van der Waals surface area contributed by atoms with Crippen LogP contribution in [0.4, 0.5) is 5.13 Å². The zero-order valence-corrected chi connectivity index (χ0v) is 17.3. The Morgan fingerprint density at radius 1 is 1.46 bits per heavy atom. The molecule has 3 rings (SSSR count). The SMILES string of the molecule is CC(C)O/N=C(\C(=O)N[C@H]1C(=O)N2[C@@H]1SC(C)(C)[C@@H]2C(=O)O)c1csc(N)n1. The van der Waals surface area contributed by atoms with Crippen molar-refractivity contribution in [2.24, 2.45) is 5.16 Å². The smallest absolute Gasteiger partial charge is 0.327 e. The molecule has 2 amide bonds. The van der Waals surface area contributed by atoms with Gasteiger partial charge in [-0.2, -0.15) is 0 Å². The van der Waals surface area contributed by atoms with E-state index in [1.165, 1.54) is 16.7 Å². The average molecular weight is 428 g/mol. The molecule has 2 saturated heterocycles. The summed E-state index contributed by atoms with van der Waals surface area (Å²) >= 11 is 2.49. The molecule has 1 aromatic heterocycles. The first kappa shape index (κ1) is 20.4. The van der Waals surface area contributed by atoms with Crippen molar-refractivity contribution in [1.29, 1.82) is 0 Å². The number of thioether (sulfide) groups is 1. The summed E-state index contributed by atoms with van der Waals surface area (Å²) < 4.78 is -0.674. The number of rotatable bonds is 6. The number of oxime groups is 1. The van der Waals surface area contributed by atoms with Gasteiger partial charge in [-0.1, -0.05) is 5.16 Å². The number of β-lactam (4-membered cyclic amide) rings is 1. The van der Waals surface area contributed by atoms with Crippen molar-refractivity contribution in [3.05, 3.63) is 11.1 Å². The zero-order valence-electron chi connectivity index (χ0n) is 15.7. The van der Waals surface area contributed by atoms with E-state index in [4.69, 9.17) is 10.6 Å². The predicted octanol–water partition coefficient (Wildman–Crippen LogP) is 0.486. The first-order valence-corrected chi connectivity index (χ1v) is 10.3. The number of aromatic nitrogens is 1. The van der Waals surface area contributed by atoms with Gasteiger partial charge in [0.05, 0.1) is 0 Å². The Morgan fingerprint density at radius 3 is 2.68 bits per heavy atom. The number of nitrogens with zero attached hydrogens (tertiary/aromatic N) is 3. The lowest BCUT2D eigenvalue weighted by molar-refractivity contribution is -0.160. The molecular formula is C16H21N5O5S2. The van der Waals surface area contributed by atoms with Crippen LogP contribution in [0.5, 0.6) is 0 Å². The van der Waals surface area contributed by atoms with Crippen LogP contribution in [0.1, 0.15) is 33.4 Å². The molecule has 152 valence electrons. The van der Waals surface area contributed by atoms with E-state index < -0.39 is 40.0 Å². The van der Waals surface area contributed by atoms with Crippen molar-refractivity contribution in [2.45, 2.75) is 56.0 Å². The minimum Gasteiger partial charge on any atom is -0.480 e. The second kappa shape index (κ2) is 7.24. The van der Waals surface area contributed by atoms with Crippen LogP contribution in [0.15, 0.2) is 10.5 Å². The van der Waals surface area contributed by atoms with E-state index in [2.05, 4.69) is 15.5 Å². The lowest BCUT2D eigenvalue weighted by atomic mass is 9.96. The first-order valence-electron chi connectivity index (χ1n) is 8.51. The van der Waals surface area contributed by atoms with E-state index in [1.54, 1.807) is 33.1 Å².